The van der Waals surface area contributed by atoms with E-state index in [0.29, 0.717) is 11.9 Å². The van der Waals surface area contributed by atoms with Gasteiger partial charge in [0.2, 0.25) is 5.89 Å². The zero-order chi connectivity index (χ0) is 12.1. The summed E-state index contributed by atoms with van der Waals surface area (Å²) in [5, 5.41) is 7.21. The summed E-state index contributed by atoms with van der Waals surface area (Å²) in [6.45, 7) is 1.81. The van der Waals surface area contributed by atoms with Gasteiger partial charge < -0.3 is 9.84 Å². The third-order valence-corrected chi connectivity index (χ3v) is 2.73. The zero-order valence-corrected chi connectivity index (χ0v) is 10.2. The maximum absolute atomic E-state index is 4.97. The molecule has 0 unspecified atom stereocenters. The molecule has 0 aliphatic rings. The maximum Gasteiger partial charge on any atom is 0.223 e. The van der Waals surface area contributed by atoms with Crippen molar-refractivity contribution in [2.75, 3.05) is 7.05 Å². The average Bonchev–Trinajstić information content (AvgIpc) is 2.75. The van der Waals surface area contributed by atoms with E-state index in [4.69, 9.17) is 4.52 Å². The Bertz CT molecular complexity index is 453. The minimum Gasteiger partial charge on any atom is -0.340 e. The van der Waals surface area contributed by atoms with Crippen molar-refractivity contribution in [1.29, 1.82) is 0 Å². The first kappa shape index (κ1) is 11.8. The van der Waals surface area contributed by atoms with Gasteiger partial charge in [0, 0.05) is 19.4 Å². The number of aryl methyl sites for hydroxylation is 1. The molecule has 0 radical (unpaired) electrons. The Hall–Kier alpha value is -1.68. The number of benzene rings is 1. The van der Waals surface area contributed by atoms with Gasteiger partial charge in [0.15, 0.2) is 5.82 Å². The molecule has 0 bridgehead atoms. The van der Waals surface area contributed by atoms with Crippen LogP contribution < -0.4 is 5.32 Å². The fourth-order valence-electron chi connectivity index (χ4n) is 1.82. The van der Waals surface area contributed by atoms with E-state index in [-0.39, 0.29) is 0 Å². The lowest BCUT2D eigenvalue weighted by atomic mass is 10.0. The van der Waals surface area contributed by atoms with Crippen LogP contribution >= 0.6 is 0 Å². The molecule has 0 amide bonds. The molecule has 1 heterocycles. The van der Waals surface area contributed by atoms with Crippen molar-refractivity contribution in [3.8, 4) is 0 Å². The van der Waals surface area contributed by atoms with E-state index in [1.807, 2.05) is 20.0 Å². The van der Waals surface area contributed by atoms with Gasteiger partial charge in [-0.3, -0.25) is 0 Å². The molecule has 2 aromatic rings. The molecular formula is C13H17N3O. The van der Waals surface area contributed by atoms with E-state index in [0.717, 1.165) is 18.7 Å². The van der Waals surface area contributed by atoms with Crippen LogP contribution in [0.1, 0.15) is 17.3 Å². The van der Waals surface area contributed by atoms with Crippen LogP contribution in [0, 0.1) is 6.92 Å². The van der Waals surface area contributed by atoms with Gasteiger partial charge in [-0.05, 0) is 19.0 Å². The largest absolute Gasteiger partial charge is 0.340 e. The second kappa shape index (κ2) is 5.59. The van der Waals surface area contributed by atoms with Gasteiger partial charge in [0.25, 0.3) is 0 Å². The Balaban J connectivity index is 1.98. The first-order valence-electron chi connectivity index (χ1n) is 5.78. The summed E-state index contributed by atoms with van der Waals surface area (Å²) in [5.41, 5.74) is 1.31. The Morgan fingerprint density at radius 2 is 2.00 bits per heavy atom. The van der Waals surface area contributed by atoms with Crippen molar-refractivity contribution < 1.29 is 4.52 Å². The summed E-state index contributed by atoms with van der Waals surface area (Å²) in [6.07, 6.45) is 1.74. The summed E-state index contributed by atoms with van der Waals surface area (Å²) in [6, 6.07) is 10.7. The minimum absolute atomic E-state index is 0.328. The van der Waals surface area contributed by atoms with Gasteiger partial charge in [0.1, 0.15) is 0 Å². The molecule has 90 valence electrons. The number of nitrogens with zero attached hydrogens (tertiary/aromatic N) is 2. The molecule has 17 heavy (non-hydrogen) atoms. The molecule has 4 nitrogen and oxygen atoms in total. The summed E-state index contributed by atoms with van der Waals surface area (Å²) in [4.78, 5) is 4.22. The molecule has 0 spiro atoms. The van der Waals surface area contributed by atoms with E-state index in [2.05, 4.69) is 39.7 Å². The fourth-order valence-corrected chi connectivity index (χ4v) is 1.82. The van der Waals surface area contributed by atoms with Crippen LogP contribution in [0.4, 0.5) is 0 Å². The Morgan fingerprint density at radius 3 is 2.59 bits per heavy atom. The van der Waals surface area contributed by atoms with Crippen LogP contribution in [0.5, 0.6) is 0 Å². The van der Waals surface area contributed by atoms with Gasteiger partial charge >= 0.3 is 0 Å². The summed E-state index contributed by atoms with van der Waals surface area (Å²) in [5.74, 6) is 1.38. The average molecular weight is 231 g/mol. The molecule has 1 N–H and O–H groups in total. The van der Waals surface area contributed by atoms with Crippen LogP contribution in [0.25, 0.3) is 0 Å². The van der Waals surface area contributed by atoms with E-state index >= 15 is 0 Å². The van der Waals surface area contributed by atoms with Crippen molar-refractivity contribution in [1.82, 2.24) is 15.5 Å². The normalized spacial score (nSPS) is 12.6. The summed E-state index contributed by atoms with van der Waals surface area (Å²) in [7, 11) is 1.96. The van der Waals surface area contributed by atoms with Crippen molar-refractivity contribution in [3.05, 3.63) is 47.6 Å². The van der Waals surface area contributed by atoms with Gasteiger partial charge in [-0.2, -0.15) is 4.98 Å². The Kier molecular flexibility index (Phi) is 3.88. The predicted molar refractivity (Wildman–Crippen MR) is 65.7 cm³/mol. The number of likely N-dealkylation sites (N-methyl/N-ethyl adjacent to an activating group) is 1. The molecule has 1 aromatic heterocycles. The van der Waals surface area contributed by atoms with Crippen LogP contribution in [0.2, 0.25) is 0 Å². The molecule has 0 saturated carbocycles. The molecule has 0 saturated heterocycles. The third-order valence-electron chi connectivity index (χ3n) is 2.73. The second-order valence-electron chi connectivity index (χ2n) is 4.11. The molecule has 1 aromatic carbocycles. The lowest BCUT2D eigenvalue weighted by Crippen LogP contribution is -2.30. The SMILES string of the molecule is CN[C@@H](Cc1ccccc1)Cc1noc(C)n1. The highest BCUT2D eigenvalue weighted by Gasteiger charge is 2.12. The molecule has 2 rings (SSSR count). The number of rotatable bonds is 5. The van der Waals surface area contributed by atoms with E-state index in [9.17, 15) is 0 Å². The highest BCUT2D eigenvalue weighted by molar-refractivity contribution is 5.16. The fraction of sp³-hybridized carbons (Fsp3) is 0.385. The highest BCUT2D eigenvalue weighted by Crippen LogP contribution is 2.07. The quantitative estimate of drug-likeness (QED) is 0.851. The van der Waals surface area contributed by atoms with E-state index in [1.54, 1.807) is 0 Å². The predicted octanol–water partition coefficient (Wildman–Crippen LogP) is 1.75. The topological polar surface area (TPSA) is 51.0 Å². The maximum atomic E-state index is 4.97. The number of hydrogen-bond acceptors (Lipinski definition) is 4. The summed E-state index contributed by atoms with van der Waals surface area (Å²) >= 11 is 0. The zero-order valence-electron chi connectivity index (χ0n) is 10.2. The van der Waals surface area contributed by atoms with Gasteiger partial charge in [-0.1, -0.05) is 35.5 Å². The molecule has 0 fully saturated rings. The molecule has 4 heteroatoms. The molecule has 1 atom stereocenters. The van der Waals surface area contributed by atoms with Crippen LogP contribution in [0.3, 0.4) is 0 Å². The van der Waals surface area contributed by atoms with Gasteiger partial charge in [0.05, 0.1) is 0 Å². The number of nitrogens with one attached hydrogen (secondary N) is 1. The van der Waals surface area contributed by atoms with Gasteiger partial charge in [-0.15, -0.1) is 0 Å². The van der Waals surface area contributed by atoms with E-state index in [1.165, 1.54) is 5.56 Å². The van der Waals surface area contributed by atoms with Gasteiger partial charge in [-0.25, -0.2) is 0 Å². The Morgan fingerprint density at radius 1 is 1.24 bits per heavy atom. The lowest BCUT2D eigenvalue weighted by Gasteiger charge is -2.13. The lowest BCUT2D eigenvalue weighted by molar-refractivity contribution is 0.384. The van der Waals surface area contributed by atoms with Crippen molar-refractivity contribution in [3.63, 3.8) is 0 Å². The van der Waals surface area contributed by atoms with Crippen LogP contribution in [-0.4, -0.2) is 23.2 Å². The smallest absolute Gasteiger partial charge is 0.223 e. The molecular weight excluding hydrogens is 214 g/mol. The standard InChI is InChI=1S/C13H17N3O/c1-10-15-13(16-17-10)9-12(14-2)8-11-6-4-3-5-7-11/h3-7,12,14H,8-9H2,1-2H3/t12-/m0/s1. The minimum atomic E-state index is 0.328. The first-order valence-corrected chi connectivity index (χ1v) is 5.78. The van der Waals surface area contributed by atoms with Crippen molar-refractivity contribution in [2.24, 2.45) is 0 Å². The van der Waals surface area contributed by atoms with Crippen molar-refractivity contribution in [2.45, 2.75) is 25.8 Å². The highest BCUT2D eigenvalue weighted by atomic mass is 16.5. The summed E-state index contributed by atoms with van der Waals surface area (Å²) < 4.78 is 4.97. The second-order valence-corrected chi connectivity index (χ2v) is 4.11. The number of aromatic nitrogens is 2. The number of hydrogen-bond donors (Lipinski definition) is 1. The molecule has 0 aliphatic carbocycles. The van der Waals surface area contributed by atoms with E-state index < -0.39 is 0 Å². The van der Waals surface area contributed by atoms with Crippen molar-refractivity contribution >= 4 is 0 Å². The molecule has 0 aliphatic heterocycles. The van der Waals surface area contributed by atoms with Crippen LogP contribution in [0.15, 0.2) is 34.9 Å². The first-order chi connectivity index (χ1) is 8.28. The monoisotopic (exact) mass is 231 g/mol. The third kappa shape index (κ3) is 3.39. The Labute approximate surface area is 101 Å². The van der Waals surface area contributed by atoms with Crippen LogP contribution in [-0.2, 0) is 12.8 Å².